The number of rotatable bonds is 13. The Kier molecular flexibility index (Phi) is 11.1. The van der Waals surface area contributed by atoms with Gasteiger partial charge in [-0.3, -0.25) is 9.11 Å². The average molecular weight is 744 g/mol. The molecule has 11 heteroatoms. The normalized spacial score (nSPS) is 14.7. The second-order valence-electron chi connectivity index (χ2n) is 12.1. The van der Waals surface area contributed by atoms with Gasteiger partial charge in [-0.05, 0) is 95.8 Å². The number of nitrogens with zero attached hydrogens (tertiary/aromatic N) is 1. The van der Waals surface area contributed by atoms with Crippen LogP contribution in [0.4, 0.5) is 5.69 Å². The van der Waals surface area contributed by atoms with Crippen molar-refractivity contribution in [2.45, 2.75) is 31.1 Å². The fraction of sp³-hybridized carbons (Fsp3) is 0.179. The van der Waals surface area contributed by atoms with E-state index in [9.17, 15) is 25.9 Å². The minimum Gasteiger partial charge on any atom is -0.335 e. The van der Waals surface area contributed by atoms with E-state index >= 15 is 0 Å². The molecule has 2 N–H and O–H groups in total. The van der Waals surface area contributed by atoms with Crippen LogP contribution < -0.4 is 4.90 Å². The van der Waals surface area contributed by atoms with E-state index in [0.717, 1.165) is 64.0 Å². The predicted molar refractivity (Wildman–Crippen MR) is 209 cm³/mol. The van der Waals surface area contributed by atoms with Crippen molar-refractivity contribution in [3.05, 3.63) is 136 Å². The second kappa shape index (κ2) is 15.5. The Labute approximate surface area is 302 Å². The summed E-state index contributed by atoms with van der Waals surface area (Å²) in [5, 5.41) is 2.03. The highest BCUT2D eigenvalue weighted by Crippen LogP contribution is 2.47. The van der Waals surface area contributed by atoms with Crippen molar-refractivity contribution in [3.63, 3.8) is 0 Å². The SMILES string of the molecule is CC(/C=C/c1sc2ccc(-c3ccccc3)cc2c1CCCS(=O)(=O)O)=C\C=C1/Sc2ccc(-c3ccccc3)cc2N1CCCS(=O)(=O)O. The quantitative estimate of drug-likeness (QED) is 0.0906. The minimum atomic E-state index is -4.08. The van der Waals surface area contributed by atoms with Gasteiger partial charge < -0.3 is 4.90 Å². The third-order valence-corrected chi connectivity index (χ3v) is 12.3. The van der Waals surface area contributed by atoms with Crippen LogP contribution >= 0.6 is 23.1 Å². The summed E-state index contributed by atoms with van der Waals surface area (Å²) in [5.74, 6) is -0.618. The summed E-state index contributed by atoms with van der Waals surface area (Å²) in [6, 6.07) is 32.9. The summed E-state index contributed by atoms with van der Waals surface area (Å²) < 4.78 is 65.9. The van der Waals surface area contributed by atoms with Crippen molar-refractivity contribution < 1.29 is 25.9 Å². The molecule has 5 aromatic rings. The average Bonchev–Trinajstić information content (AvgIpc) is 3.62. The molecule has 258 valence electrons. The highest BCUT2D eigenvalue weighted by Gasteiger charge is 2.25. The van der Waals surface area contributed by atoms with Gasteiger partial charge in [0.1, 0.15) is 0 Å². The summed E-state index contributed by atoms with van der Waals surface area (Å²) in [5.41, 5.74) is 7.37. The van der Waals surface area contributed by atoms with Crippen molar-refractivity contribution in [1.82, 2.24) is 0 Å². The van der Waals surface area contributed by atoms with E-state index in [2.05, 4.69) is 71.6 Å². The van der Waals surface area contributed by atoms with Gasteiger partial charge in [0.25, 0.3) is 20.2 Å². The number of hydrogen-bond acceptors (Lipinski definition) is 7. The molecule has 4 aromatic carbocycles. The first-order chi connectivity index (χ1) is 23.9. The third-order valence-electron chi connectivity index (χ3n) is 8.37. The van der Waals surface area contributed by atoms with Crippen LogP contribution in [0.25, 0.3) is 38.4 Å². The molecule has 1 aliphatic rings. The molecule has 0 atom stereocenters. The molecule has 2 heterocycles. The van der Waals surface area contributed by atoms with Gasteiger partial charge in [-0.1, -0.05) is 102 Å². The maximum absolute atomic E-state index is 11.5. The lowest BCUT2D eigenvalue weighted by atomic mass is 10.00. The van der Waals surface area contributed by atoms with E-state index < -0.39 is 20.2 Å². The molecule has 1 aliphatic heterocycles. The van der Waals surface area contributed by atoms with Gasteiger partial charge in [-0.2, -0.15) is 16.8 Å². The molecule has 7 nitrogen and oxygen atoms in total. The van der Waals surface area contributed by atoms with E-state index in [0.29, 0.717) is 19.4 Å². The summed E-state index contributed by atoms with van der Waals surface area (Å²) in [7, 11) is -8.15. The van der Waals surface area contributed by atoms with Crippen LogP contribution in [-0.2, 0) is 26.7 Å². The Morgan fingerprint density at radius 3 is 2.04 bits per heavy atom. The molecule has 0 amide bonds. The monoisotopic (exact) mass is 743 g/mol. The lowest BCUT2D eigenvalue weighted by Crippen LogP contribution is -2.21. The number of thioether (sulfide) groups is 1. The lowest BCUT2D eigenvalue weighted by Gasteiger charge is -2.20. The third kappa shape index (κ3) is 9.22. The van der Waals surface area contributed by atoms with Gasteiger partial charge in [0.05, 0.1) is 22.2 Å². The first-order valence-electron chi connectivity index (χ1n) is 16.2. The fourth-order valence-corrected chi connectivity index (χ4v) is 9.15. The Bertz CT molecular complexity index is 2310. The highest BCUT2D eigenvalue weighted by molar-refractivity contribution is 8.03. The molecule has 0 aliphatic carbocycles. The second-order valence-corrected chi connectivity index (χ2v) is 17.4. The van der Waals surface area contributed by atoms with Gasteiger partial charge in [-0.15, -0.1) is 11.3 Å². The Morgan fingerprint density at radius 1 is 0.760 bits per heavy atom. The lowest BCUT2D eigenvalue weighted by molar-refractivity contribution is 0.479. The van der Waals surface area contributed by atoms with E-state index in [1.54, 1.807) is 23.1 Å². The standard InChI is InChI=1S/C39H37NO6S4/c1-28(15-19-36-33(14-8-24-49(41,42)43)34-26-31(17-20-37(34)47-36)29-10-4-2-5-11-29)16-22-39-40(23-9-25-50(44,45)46)35-27-32(18-21-38(35)48-39)30-12-6-3-7-13-30/h2-7,10-13,15-22,26-27H,8-9,14,23-25H2,1H3,(H,41,42,43)(H,44,45,46)/b19-15+,28-16+,39-22-. The maximum atomic E-state index is 11.5. The van der Waals surface area contributed by atoms with Crippen molar-refractivity contribution in [1.29, 1.82) is 0 Å². The fourth-order valence-electron chi connectivity index (χ4n) is 5.94. The molecule has 0 radical (unpaired) electrons. The van der Waals surface area contributed by atoms with Gasteiger partial charge in [0, 0.05) is 21.0 Å². The topological polar surface area (TPSA) is 112 Å². The number of thiophene rings is 1. The molecule has 0 fully saturated rings. The van der Waals surface area contributed by atoms with E-state index in [1.807, 2.05) is 61.5 Å². The summed E-state index contributed by atoms with van der Waals surface area (Å²) >= 11 is 3.27. The van der Waals surface area contributed by atoms with E-state index in [1.165, 1.54) is 0 Å². The molecule has 0 unspecified atom stereocenters. The Morgan fingerprint density at radius 2 is 1.38 bits per heavy atom. The predicted octanol–water partition coefficient (Wildman–Crippen LogP) is 9.75. The smallest absolute Gasteiger partial charge is 0.264 e. The zero-order valence-electron chi connectivity index (χ0n) is 27.4. The summed E-state index contributed by atoms with van der Waals surface area (Å²) in [4.78, 5) is 4.21. The molecule has 0 bridgehead atoms. The van der Waals surface area contributed by atoms with Crippen LogP contribution in [-0.4, -0.2) is 44.0 Å². The van der Waals surface area contributed by atoms with Crippen LogP contribution in [0.5, 0.6) is 0 Å². The van der Waals surface area contributed by atoms with E-state index in [4.69, 9.17) is 0 Å². The van der Waals surface area contributed by atoms with Crippen molar-refractivity contribution >= 4 is 65.2 Å². The highest BCUT2D eigenvalue weighted by atomic mass is 32.2. The van der Waals surface area contributed by atoms with Gasteiger partial charge in [0.15, 0.2) is 0 Å². The zero-order valence-corrected chi connectivity index (χ0v) is 30.7. The van der Waals surface area contributed by atoms with E-state index in [-0.39, 0.29) is 17.9 Å². The van der Waals surface area contributed by atoms with Crippen LogP contribution in [0.1, 0.15) is 30.2 Å². The van der Waals surface area contributed by atoms with Gasteiger partial charge in [-0.25, -0.2) is 0 Å². The molecule has 0 saturated carbocycles. The first kappa shape index (κ1) is 35.8. The van der Waals surface area contributed by atoms with Crippen molar-refractivity contribution in [2.75, 3.05) is 23.0 Å². The van der Waals surface area contributed by atoms with Crippen LogP contribution in [0.3, 0.4) is 0 Å². The summed E-state index contributed by atoms with van der Waals surface area (Å²) in [6.07, 6.45) is 9.23. The van der Waals surface area contributed by atoms with Gasteiger partial charge >= 0.3 is 0 Å². The maximum Gasteiger partial charge on any atom is 0.264 e. The largest absolute Gasteiger partial charge is 0.335 e. The molecule has 0 spiro atoms. The molecule has 50 heavy (non-hydrogen) atoms. The molecular formula is C39H37NO6S4. The van der Waals surface area contributed by atoms with Crippen LogP contribution in [0.2, 0.25) is 0 Å². The van der Waals surface area contributed by atoms with Crippen LogP contribution in [0.15, 0.2) is 131 Å². The molecule has 1 aromatic heterocycles. The zero-order chi connectivity index (χ0) is 35.3. The number of anilines is 1. The number of allylic oxidation sites excluding steroid dienone is 4. The number of benzene rings is 4. The van der Waals surface area contributed by atoms with Crippen LogP contribution in [0, 0.1) is 0 Å². The number of aryl methyl sites for hydroxylation is 1. The summed E-state index contributed by atoms with van der Waals surface area (Å²) in [6.45, 7) is 2.43. The Hall–Kier alpha value is -3.97. The minimum absolute atomic E-state index is 0.270. The first-order valence-corrected chi connectivity index (χ1v) is 21.0. The number of hydrogen-bond donors (Lipinski definition) is 2. The molecule has 6 rings (SSSR count). The van der Waals surface area contributed by atoms with Gasteiger partial charge in [0.2, 0.25) is 0 Å². The van der Waals surface area contributed by atoms with Crippen molar-refractivity contribution in [3.8, 4) is 22.3 Å². The number of fused-ring (bicyclic) bond motifs is 2. The van der Waals surface area contributed by atoms with Crippen molar-refractivity contribution in [2.24, 2.45) is 0 Å². The molecular weight excluding hydrogens is 707 g/mol. The molecule has 0 saturated heterocycles. The Balaban J connectivity index is 1.29.